The van der Waals surface area contributed by atoms with E-state index in [1.54, 1.807) is 7.11 Å². The van der Waals surface area contributed by atoms with Crippen molar-refractivity contribution in [1.29, 1.82) is 0 Å². The summed E-state index contributed by atoms with van der Waals surface area (Å²) in [4.78, 5) is 9.75. The summed E-state index contributed by atoms with van der Waals surface area (Å²) < 4.78 is 6.50. The Kier molecular flexibility index (Phi) is 11.9. The summed E-state index contributed by atoms with van der Waals surface area (Å²) >= 11 is 2.34. The van der Waals surface area contributed by atoms with Crippen molar-refractivity contribution in [3.05, 3.63) is 63.9 Å². The molecule has 0 bridgehead atoms. The molecule has 1 saturated heterocycles. The Bertz CT molecular complexity index is 1110. The third kappa shape index (κ3) is 9.07. The Hall–Kier alpha value is -1.94. The predicted octanol–water partition coefficient (Wildman–Crippen LogP) is 5.52. The maximum absolute atomic E-state index is 5.28. The van der Waals surface area contributed by atoms with Gasteiger partial charge in [0, 0.05) is 47.0 Å². The average molecular weight is 630 g/mol. The van der Waals surface area contributed by atoms with Crippen molar-refractivity contribution in [3.63, 3.8) is 0 Å². The molecule has 1 unspecified atom stereocenters. The number of likely N-dealkylation sites (N-methyl/N-ethyl adjacent to an activating group) is 1. The number of ether oxygens (including phenoxy) is 1. The summed E-state index contributed by atoms with van der Waals surface area (Å²) in [6.07, 6.45) is 6.75. The zero-order valence-corrected chi connectivity index (χ0v) is 25.3. The fraction of sp³-hybridized carbons (Fsp3) is 0.516. The highest BCUT2D eigenvalue weighted by Crippen LogP contribution is 2.24. The van der Waals surface area contributed by atoms with Gasteiger partial charge in [-0.2, -0.15) is 0 Å². The minimum absolute atomic E-state index is 0.783. The molecule has 0 spiro atoms. The van der Waals surface area contributed by atoms with E-state index in [4.69, 9.17) is 4.74 Å². The van der Waals surface area contributed by atoms with Crippen LogP contribution in [0.3, 0.4) is 0 Å². The number of nitrogens with one attached hydrogen (secondary N) is 2. The molecule has 0 aliphatic carbocycles. The number of aromatic nitrogens is 1. The summed E-state index contributed by atoms with van der Waals surface area (Å²) in [7, 11) is 1.73. The Morgan fingerprint density at radius 2 is 1.92 bits per heavy atom. The summed E-state index contributed by atoms with van der Waals surface area (Å²) in [5.74, 6) is 1.73. The van der Waals surface area contributed by atoms with Crippen molar-refractivity contribution in [2.45, 2.75) is 32.6 Å². The molecule has 1 aliphatic heterocycles. The van der Waals surface area contributed by atoms with E-state index in [9.17, 15) is 0 Å². The van der Waals surface area contributed by atoms with Crippen LogP contribution in [-0.2, 0) is 6.42 Å². The molecule has 2 aromatic carbocycles. The van der Waals surface area contributed by atoms with Gasteiger partial charge < -0.3 is 25.2 Å². The second kappa shape index (κ2) is 15.6. The number of hydrogen-bond acceptors (Lipinski definition) is 6. The highest BCUT2D eigenvalue weighted by Gasteiger charge is 2.22. The lowest BCUT2D eigenvalue weighted by molar-refractivity contribution is 0.250. The summed E-state index contributed by atoms with van der Waals surface area (Å²) in [5, 5.41) is 8.42. The minimum Gasteiger partial charge on any atom is -0.497 e. The van der Waals surface area contributed by atoms with Crippen LogP contribution in [0.2, 0.25) is 0 Å². The average Bonchev–Trinajstić information content (AvgIpc) is 3.38. The van der Waals surface area contributed by atoms with Gasteiger partial charge in [-0.05, 0) is 129 Å². The van der Waals surface area contributed by atoms with Crippen LogP contribution in [-0.4, -0.2) is 80.8 Å². The third-order valence-corrected chi connectivity index (χ3v) is 8.28. The quantitative estimate of drug-likeness (QED) is 0.161. The number of hydrogen-bond donors (Lipinski definition) is 2. The topological polar surface area (TPSA) is 52.7 Å². The first-order valence-corrected chi connectivity index (χ1v) is 15.3. The molecular weight excluding hydrogens is 585 g/mol. The van der Waals surface area contributed by atoms with Gasteiger partial charge in [0.1, 0.15) is 5.75 Å². The zero-order valence-electron chi connectivity index (χ0n) is 23.1. The van der Waals surface area contributed by atoms with E-state index in [1.807, 2.05) is 6.20 Å². The van der Waals surface area contributed by atoms with Gasteiger partial charge in [-0.3, -0.25) is 4.98 Å². The lowest BCUT2D eigenvalue weighted by atomic mass is 9.99. The van der Waals surface area contributed by atoms with Gasteiger partial charge in [0.25, 0.3) is 0 Å². The second-order valence-corrected chi connectivity index (χ2v) is 11.6. The largest absolute Gasteiger partial charge is 0.497 e. The number of benzene rings is 2. The molecule has 0 radical (unpaired) electrons. The molecule has 7 heteroatoms. The van der Waals surface area contributed by atoms with Gasteiger partial charge in [-0.15, -0.1) is 0 Å². The molecular formula is C31H44IN5O. The van der Waals surface area contributed by atoms with E-state index in [0.29, 0.717) is 0 Å². The lowest BCUT2D eigenvalue weighted by Gasteiger charge is -2.23. The molecule has 4 rings (SSSR count). The van der Waals surface area contributed by atoms with Crippen LogP contribution in [0, 0.1) is 9.49 Å². The molecule has 1 aliphatic rings. The van der Waals surface area contributed by atoms with Crippen LogP contribution in [0.4, 0.5) is 5.69 Å². The minimum atomic E-state index is 0.783. The number of fused-ring (bicyclic) bond motifs is 1. The van der Waals surface area contributed by atoms with Gasteiger partial charge >= 0.3 is 0 Å². The van der Waals surface area contributed by atoms with Crippen molar-refractivity contribution >= 4 is 39.2 Å². The number of pyridine rings is 1. The Morgan fingerprint density at radius 3 is 2.74 bits per heavy atom. The summed E-state index contributed by atoms with van der Waals surface area (Å²) in [6, 6.07) is 17.1. The van der Waals surface area contributed by atoms with Crippen LogP contribution in [0.25, 0.3) is 10.9 Å². The van der Waals surface area contributed by atoms with Crippen molar-refractivity contribution in [2.75, 3.05) is 71.3 Å². The number of nitrogens with zero attached hydrogens (tertiary/aromatic N) is 3. The normalized spacial score (nSPS) is 15.9. The summed E-state index contributed by atoms with van der Waals surface area (Å²) in [6.45, 7) is 12.5. The van der Waals surface area contributed by atoms with Crippen molar-refractivity contribution in [3.8, 4) is 5.75 Å². The third-order valence-electron chi connectivity index (χ3n) is 7.60. The molecule has 206 valence electrons. The van der Waals surface area contributed by atoms with Crippen LogP contribution >= 0.6 is 22.6 Å². The van der Waals surface area contributed by atoms with Crippen LogP contribution in [0.1, 0.15) is 31.7 Å². The van der Waals surface area contributed by atoms with Gasteiger partial charge in [-0.25, -0.2) is 0 Å². The van der Waals surface area contributed by atoms with E-state index < -0.39 is 0 Å². The van der Waals surface area contributed by atoms with E-state index in [1.165, 1.54) is 65.6 Å². The van der Waals surface area contributed by atoms with E-state index in [0.717, 1.165) is 56.3 Å². The maximum atomic E-state index is 5.28. The first kappa shape index (κ1) is 29.1. The van der Waals surface area contributed by atoms with Gasteiger partial charge in [0.2, 0.25) is 0 Å². The van der Waals surface area contributed by atoms with E-state index in [-0.39, 0.29) is 0 Å². The highest BCUT2D eigenvalue weighted by molar-refractivity contribution is 14.1. The fourth-order valence-corrected chi connectivity index (χ4v) is 5.87. The smallest absolute Gasteiger partial charge is 0.118 e. The molecule has 1 aromatic heterocycles. The zero-order chi connectivity index (χ0) is 26.6. The van der Waals surface area contributed by atoms with Crippen LogP contribution in [0.5, 0.6) is 5.75 Å². The van der Waals surface area contributed by atoms with Crippen molar-refractivity contribution < 1.29 is 4.74 Å². The van der Waals surface area contributed by atoms with Gasteiger partial charge in [0.05, 0.1) is 12.6 Å². The Balaban J connectivity index is 1.04. The molecule has 0 amide bonds. The molecule has 2 heterocycles. The molecule has 0 saturated carbocycles. The van der Waals surface area contributed by atoms with Crippen molar-refractivity contribution in [1.82, 2.24) is 20.1 Å². The standard InChI is InChI=1S/C31H44IN5O/c1-3-36(18-5-19-37-20-13-26(24-37)22-25-6-9-28(38-2)10-7-25)21-17-33-14-4-15-34-30-12-16-35-31-23-27(32)8-11-29(30)31/h6-12,16,23,26,33H,3-5,13-15,17-22,24H2,1-2H3,(H,34,35). The van der Waals surface area contributed by atoms with Crippen LogP contribution in [0.15, 0.2) is 54.7 Å². The summed E-state index contributed by atoms with van der Waals surface area (Å²) in [5.41, 5.74) is 3.66. The lowest BCUT2D eigenvalue weighted by Crippen LogP contribution is -2.35. The Labute approximate surface area is 242 Å². The van der Waals surface area contributed by atoms with Gasteiger partial charge in [-0.1, -0.05) is 19.1 Å². The molecule has 3 aromatic rings. The SMILES string of the molecule is CCN(CCCN1CCC(Cc2ccc(OC)cc2)C1)CCNCCCNc1ccnc2cc(I)ccc12. The first-order valence-electron chi connectivity index (χ1n) is 14.2. The highest BCUT2D eigenvalue weighted by atomic mass is 127. The number of rotatable bonds is 16. The van der Waals surface area contributed by atoms with Crippen molar-refractivity contribution in [2.24, 2.45) is 5.92 Å². The first-order chi connectivity index (χ1) is 18.6. The fourth-order valence-electron chi connectivity index (χ4n) is 5.40. The molecule has 1 fully saturated rings. The second-order valence-electron chi connectivity index (χ2n) is 10.3. The number of likely N-dealkylation sites (tertiary alicyclic amines) is 1. The number of methoxy groups -OCH3 is 1. The predicted molar refractivity (Wildman–Crippen MR) is 168 cm³/mol. The van der Waals surface area contributed by atoms with E-state index >= 15 is 0 Å². The molecule has 1 atom stereocenters. The monoisotopic (exact) mass is 629 g/mol. The molecule has 6 nitrogen and oxygen atoms in total. The molecule has 38 heavy (non-hydrogen) atoms. The maximum Gasteiger partial charge on any atom is 0.118 e. The van der Waals surface area contributed by atoms with E-state index in [2.05, 4.69) is 103 Å². The number of halogens is 1. The van der Waals surface area contributed by atoms with Gasteiger partial charge in [0.15, 0.2) is 0 Å². The Morgan fingerprint density at radius 1 is 1.05 bits per heavy atom. The molecule has 2 N–H and O–H groups in total. The van der Waals surface area contributed by atoms with Crippen LogP contribution < -0.4 is 15.4 Å². The number of anilines is 1.